The van der Waals surface area contributed by atoms with Crippen molar-refractivity contribution >= 4 is 103 Å². The summed E-state index contributed by atoms with van der Waals surface area (Å²) in [5, 5.41) is 11.0. The largest absolute Gasteiger partial charge is 0.456 e. The Balaban J connectivity index is 0.848. The fourth-order valence-corrected chi connectivity index (χ4v) is 33.1. The molecule has 6 aliphatic rings. The summed E-state index contributed by atoms with van der Waals surface area (Å²) in [4.78, 5) is 5.15. The maximum atomic E-state index is 7.50. The van der Waals surface area contributed by atoms with Gasteiger partial charge in [-0.05, 0) is 239 Å². The molecule has 6 aliphatic carbocycles. The molecule has 4 saturated carbocycles. The highest BCUT2D eigenvalue weighted by Crippen LogP contribution is 2.73. The van der Waals surface area contributed by atoms with Gasteiger partial charge in [-0.25, -0.2) is 0 Å². The topological polar surface area (TPSA) is 19.6 Å². The second-order valence-electron chi connectivity index (χ2n) is 33.0. The predicted molar refractivity (Wildman–Crippen MR) is 428 cm³/mol. The maximum absolute atomic E-state index is 7.50. The number of furan rings is 1. The number of fused-ring (bicyclic) bond motifs is 11. The van der Waals surface area contributed by atoms with E-state index in [4.69, 9.17) is 4.42 Å². The normalized spacial score (nSPS) is 19.4. The first-order valence-electron chi connectivity index (χ1n) is 36.9. The molecule has 4 bridgehead atoms. The third-order valence-electron chi connectivity index (χ3n) is 25.2. The zero-order valence-corrected chi connectivity index (χ0v) is 61.7. The van der Waals surface area contributed by atoms with Crippen molar-refractivity contribution in [1.82, 2.24) is 0 Å². The molecular formula is C95H90N2OSi2. The van der Waals surface area contributed by atoms with Crippen LogP contribution in [-0.4, -0.2) is 16.1 Å². The lowest BCUT2D eigenvalue weighted by atomic mass is 9.43. The molecule has 12 aromatic carbocycles. The maximum Gasteiger partial charge on any atom is 0.153 e. The summed E-state index contributed by atoms with van der Waals surface area (Å²) >= 11 is 0. The Morgan fingerprint density at radius 2 is 0.800 bits per heavy atom. The number of benzene rings is 12. The molecule has 1 heterocycles. The Kier molecular flexibility index (Phi) is 14.4. The summed E-state index contributed by atoms with van der Waals surface area (Å²) in [6.45, 7) is 24.3. The Morgan fingerprint density at radius 1 is 0.360 bits per heavy atom. The van der Waals surface area contributed by atoms with Crippen LogP contribution < -0.4 is 40.9 Å². The molecule has 1 aromatic heterocycles. The van der Waals surface area contributed by atoms with Crippen molar-refractivity contribution in [1.29, 1.82) is 0 Å². The average molecular weight is 1330 g/mol. The Bertz CT molecular complexity index is 5220. The van der Waals surface area contributed by atoms with Crippen LogP contribution in [0.3, 0.4) is 0 Å². The molecule has 0 aliphatic heterocycles. The zero-order valence-electron chi connectivity index (χ0n) is 59.7. The third kappa shape index (κ3) is 9.05. The highest BCUT2D eigenvalue weighted by Gasteiger charge is 2.64. The summed E-state index contributed by atoms with van der Waals surface area (Å²) in [6, 6.07) is 108. The number of hydrogen-bond acceptors (Lipinski definition) is 3. The van der Waals surface area contributed by atoms with Crippen molar-refractivity contribution in [3.63, 3.8) is 0 Å². The van der Waals surface area contributed by atoms with Crippen molar-refractivity contribution < 1.29 is 4.42 Å². The summed E-state index contributed by atoms with van der Waals surface area (Å²) in [5.41, 5.74) is 22.4. The Morgan fingerprint density at radius 3 is 1.29 bits per heavy atom. The third-order valence-corrected chi connectivity index (χ3v) is 36.9. The fourth-order valence-electron chi connectivity index (χ4n) is 21.8. The van der Waals surface area contributed by atoms with Crippen molar-refractivity contribution in [3.8, 4) is 22.3 Å². The van der Waals surface area contributed by atoms with Crippen LogP contribution >= 0.6 is 0 Å². The molecule has 5 heteroatoms. The molecule has 0 atom stereocenters. The van der Waals surface area contributed by atoms with Crippen LogP contribution in [0.1, 0.15) is 121 Å². The van der Waals surface area contributed by atoms with E-state index in [0.717, 1.165) is 40.1 Å². The van der Waals surface area contributed by atoms with Crippen molar-refractivity contribution in [2.45, 2.75) is 122 Å². The van der Waals surface area contributed by atoms with E-state index in [1.165, 1.54) is 141 Å². The van der Waals surface area contributed by atoms with E-state index in [2.05, 4.69) is 358 Å². The number of hydrogen-bond donors (Lipinski definition) is 0. The van der Waals surface area contributed by atoms with E-state index in [9.17, 15) is 0 Å². The van der Waals surface area contributed by atoms with Gasteiger partial charge in [0.25, 0.3) is 0 Å². The van der Waals surface area contributed by atoms with Crippen molar-refractivity contribution in [2.75, 3.05) is 9.80 Å². The van der Waals surface area contributed by atoms with Crippen LogP contribution in [0, 0.1) is 37.5 Å². The van der Waals surface area contributed by atoms with Crippen LogP contribution in [0.2, 0.25) is 10.1 Å². The minimum Gasteiger partial charge on any atom is -0.456 e. The van der Waals surface area contributed by atoms with Crippen LogP contribution in [0.15, 0.2) is 283 Å². The second-order valence-corrected chi connectivity index (χ2v) is 42.4. The second kappa shape index (κ2) is 23.0. The number of anilines is 6. The molecule has 1 spiro atoms. The molecule has 494 valence electrons. The summed E-state index contributed by atoms with van der Waals surface area (Å²) in [5.74, 6) is 2.52. The van der Waals surface area contributed by atoms with E-state index in [-0.39, 0.29) is 20.9 Å². The summed E-state index contributed by atoms with van der Waals surface area (Å²) in [6.07, 6.45) is 6.45. The minimum absolute atomic E-state index is 0.0386. The molecule has 0 saturated heterocycles. The SMILES string of the molecule is Cc1cccc(N(c2ccc([Si](c3ccccc3)(c3ccccc3)C(C)(C)C)cc2)c2ccc3c(c2)oc2ccc4c(c23)C2(c3cc(N(c5ccc([Si](c6ccccc6)(c6ccccc6)C(C)(C)C)cc5)c5cccc(C)c5)c5c(c3-4)-c3ccccc3C5(C)C)C3CC4CC(C3)CC2C4)c1. The fraction of sp³-hybridized carbons (Fsp3) is 0.242. The highest BCUT2D eigenvalue weighted by molar-refractivity contribution is 7.14. The van der Waals surface area contributed by atoms with Gasteiger partial charge >= 0.3 is 0 Å². The zero-order chi connectivity index (χ0) is 68.2. The van der Waals surface area contributed by atoms with Gasteiger partial charge in [0.05, 0.1) is 5.69 Å². The van der Waals surface area contributed by atoms with E-state index in [0.29, 0.717) is 11.8 Å². The lowest BCUT2D eigenvalue weighted by molar-refractivity contribution is -0.0393. The quantitative estimate of drug-likeness (QED) is 0.0898. The molecule has 0 amide bonds. The smallest absolute Gasteiger partial charge is 0.153 e. The highest BCUT2D eigenvalue weighted by atomic mass is 28.3. The van der Waals surface area contributed by atoms with Crippen LogP contribution in [-0.2, 0) is 10.8 Å². The van der Waals surface area contributed by atoms with Gasteiger partial charge in [0.2, 0.25) is 0 Å². The average Bonchev–Trinajstić information content (AvgIpc) is 1.48. The first-order chi connectivity index (χ1) is 48.4. The number of aryl methyl sites for hydroxylation is 2. The van der Waals surface area contributed by atoms with Crippen LogP contribution in [0.25, 0.3) is 44.2 Å². The molecule has 19 rings (SSSR count). The van der Waals surface area contributed by atoms with Gasteiger partial charge in [-0.1, -0.05) is 256 Å². The monoisotopic (exact) mass is 1330 g/mol. The van der Waals surface area contributed by atoms with E-state index in [1.54, 1.807) is 5.56 Å². The van der Waals surface area contributed by atoms with Gasteiger partial charge in [-0.2, -0.15) is 0 Å². The van der Waals surface area contributed by atoms with Gasteiger partial charge in [0.15, 0.2) is 16.1 Å². The summed E-state index contributed by atoms with van der Waals surface area (Å²) < 4.78 is 7.50. The van der Waals surface area contributed by atoms with Crippen molar-refractivity contribution in [3.05, 3.63) is 312 Å². The van der Waals surface area contributed by atoms with Crippen molar-refractivity contribution in [2.24, 2.45) is 23.7 Å². The van der Waals surface area contributed by atoms with Gasteiger partial charge in [-0.15, -0.1) is 0 Å². The molecule has 3 nitrogen and oxygen atoms in total. The molecular weight excluding hydrogens is 1240 g/mol. The molecule has 0 N–H and O–H groups in total. The van der Waals surface area contributed by atoms with Crippen LogP contribution in [0.4, 0.5) is 34.1 Å². The van der Waals surface area contributed by atoms with Gasteiger partial charge in [0, 0.05) is 56.1 Å². The Hall–Kier alpha value is -9.53. The molecule has 4 fully saturated rings. The minimum atomic E-state index is -2.67. The first-order valence-corrected chi connectivity index (χ1v) is 40.9. The summed E-state index contributed by atoms with van der Waals surface area (Å²) in [7, 11) is -5.27. The lowest BCUT2D eigenvalue weighted by Crippen LogP contribution is -2.72. The van der Waals surface area contributed by atoms with E-state index in [1.807, 2.05) is 0 Å². The molecule has 0 radical (unpaired) electrons. The standard InChI is InChI=1S/C95H90N2OSi2/c1-62-27-25-29-70(53-62)96(68-41-46-77(47-42-68)99(92(3,4)5,73-31-15-11-16-32-73)74-33-17-12-18-34-74)72-45-50-80-86(60-72)98-85-52-51-81-87-83(95(90(81)88(80)85)66-56-64-55-65(58-66)59-67(95)57-64)61-84(91-89(87)79-39-23-24-40-82(79)94(91,9)10)97(71-30-26-28-63(2)54-71)69-43-48-78(49-44-69)100(93(6,7)8,75-35-19-13-20-36-75)76-37-21-14-22-38-76/h11-54,60-61,64-67H,55-59H2,1-10H3. The van der Waals surface area contributed by atoms with E-state index < -0.39 is 16.1 Å². The molecule has 13 aromatic rings. The Labute approximate surface area is 594 Å². The molecule has 100 heavy (non-hydrogen) atoms. The number of rotatable bonds is 12. The van der Waals surface area contributed by atoms with Gasteiger partial charge < -0.3 is 14.2 Å². The lowest BCUT2D eigenvalue weighted by Gasteiger charge is -2.61. The van der Waals surface area contributed by atoms with E-state index >= 15 is 0 Å². The molecule has 0 unspecified atom stereocenters. The number of nitrogens with zero attached hydrogens (tertiary/aromatic N) is 2. The first kappa shape index (κ1) is 62.7. The van der Waals surface area contributed by atoms with Gasteiger partial charge in [0.1, 0.15) is 11.2 Å². The predicted octanol–water partition coefficient (Wildman–Crippen LogP) is 21.7. The van der Waals surface area contributed by atoms with Gasteiger partial charge in [-0.3, -0.25) is 0 Å². The van der Waals surface area contributed by atoms with Crippen LogP contribution in [0.5, 0.6) is 0 Å².